The minimum atomic E-state index is -0.277. The van der Waals surface area contributed by atoms with Crippen molar-refractivity contribution in [3.8, 4) is 5.75 Å². The topological polar surface area (TPSA) is 104 Å². The fraction of sp³-hybridized carbons (Fsp3) is 0.361. The van der Waals surface area contributed by atoms with E-state index in [1.165, 1.54) is 28.7 Å². The van der Waals surface area contributed by atoms with Crippen LogP contribution in [0.1, 0.15) is 30.9 Å². The molecule has 47 heavy (non-hydrogen) atoms. The quantitative estimate of drug-likeness (QED) is 0.223. The van der Waals surface area contributed by atoms with Gasteiger partial charge in [-0.1, -0.05) is 49.0 Å². The number of nitrogens with one attached hydrogen (secondary N) is 2. The van der Waals surface area contributed by atoms with Crippen LogP contribution in [0, 0.1) is 0 Å². The Morgan fingerprint density at radius 2 is 1.77 bits per heavy atom. The number of ether oxygens (including phenoxy) is 2. The minimum absolute atomic E-state index is 0.00535. The molecular formula is C36H41N7O4. The van der Waals surface area contributed by atoms with Crippen molar-refractivity contribution in [3.63, 3.8) is 0 Å². The average Bonchev–Trinajstić information content (AvgIpc) is 3.62. The van der Waals surface area contributed by atoms with Crippen LogP contribution in [0.2, 0.25) is 0 Å². The molecule has 3 fully saturated rings. The molecule has 1 atom stereocenters. The number of benzene rings is 3. The largest absolute Gasteiger partial charge is 0.494 e. The Labute approximate surface area is 275 Å². The summed E-state index contributed by atoms with van der Waals surface area (Å²) in [5, 5.41) is 10.7. The minimum Gasteiger partial charge on any atom is -0.494 e. The molecule has 0 radical (unpaired) electrons. The fourth-order valence-corrected chi connectivity index (χ4v) is 6.99. The van der Waals surface area contributed by atoms with Gasteiger partial charge in [0.2, 0.25) is 5.91 Å². The van der Waals surface area contributed by atoms with Gasteiger partial charge in [0.05, 0.1) is 50.0 Å². The highest BCUT2D eigenvalue weighted by Gasteiger charge is 2.31. The Bertz CT molecular complexity index is 1730. The van der Waals surface area contributed by atoms with E-state index in [1.54, 1.807) is 7.11 Å². The molecule has 3 aliphatic heterocycles. The molecule has 2 N–H and O–H groups in total. The van der Waals surface area contributed by atoms with E-state index >= 15 is 0 Å². The summed E-state index contributed by atoms with van der Waals surface area (Å²) < 4.78 is 11.4. The molecule has 11 heteroatoms. The first-order valence-electron chi connectivity index (χ1n) is 16.3. The van der Waals surface area contributed by atoms with Gasteiger partial charge in [-0.25, -0.2) is 15.0 Å². The number of hydroxylamine groups is 1. The Morgan fingerprint density at radius 3 is 2.57 bits per heavy atom. The summed E-state index contributed by atoms with van der Waals surface area (Å²) in [5.41, 5.74) is 3.45. The van der Waals surface area contributed by atoms with E-state index in [-0.39, 0.29) is 11.9 Å². The molecule has 7 rings (SSSR count). The number of anilines is 5. The van der Waals surface area contributed by atoms with E-state index in [9.17, 15) is 4.79 Å². The summed E-state index contributed by atoms with van der Waals surface area (Å²) in [6.45, 7) is 9.56. The predicted molar refractivity (Wildman–Crippen MR) is 184 cm³/mol. The van der Waals surface area contributed by atoms with Crippen LogP contribution < -0.4 is 25.3 Å². The number of carbonyl (C=O) groups excluding carboxylic acids is 1. The number of rotatable bonds is 9. The third-order valence-corrected chi connectivity index (χ3v) is 9.36. The van der Waals surface area contributed by atoms with Crippen molar-refractivity contribution in [2.24, 2.45) is 0 Å². The maximum Gasteiger partial charge on any atom is 0.247 e. The Morgan fingerprint density at radius 1 is 0.957 bits per heavy atom. The molecule has 4 aromatic rings. The molecule has 1 unspecified atom stereocenters. The molecule has 1 amide bonds. The van der Waals surface area contributed by atoms with Crippen LogP contribution in [-0.4, -0.2) is 79.9 Å². The van der Waals surface area contributed by atoms with Crippen molar-refractivity contribution in [1.82, 2.24) is 14.9 Å². The van der Waals surface area contributed by atoms with E-state index < -0.39 is 0 Å². The van der Waals surface area contributed by atoms with Crippen molar-refractivity contribution in [3.05, 3.63) is 85.2 Å². The lowest BCUT2D eigenvalue weighted by atomic mass is 9.97. The second kappa shape index (κ2) is 14.0. The smallest absolute Gasteiger partial charge is 0.247 e. The highest BCUT2D eigenvalue weighted by Crippen LogP contribution is 2.41. The fourth-order valence-electron chi connectivity index (χ4n) is 6.99. The van der Waals surface area contributed by atoms with Crippen LogP contribution in [0.15, 0.2) is 79.6 Å². The standard InChI is InChI=1S/C36H41N7O4/c1-3-36(44)40-29-21-30(33(45-2)22-32(29)42-14-11-26(12-15-42)41-16-19-46-20-17-41)39-34-23-35(38-24-37-34)43-31(13-18-47-43)28-10-6-8-25-7-4-5-9-27(25)28/h3-10,21-24,26,31H,1,11-20H2,2H3,(H,40,44)(H,37,38,39). The van der Waals surface area contributed by atoms with Gasteiger partial charge >= 0.3 is 0 Å². The summed E-state index contributed by atoms with van der Waals surface area (Å²) in [6.07, 6.45) is 5.73. The van der Waals surface area contributed by atoms with Crippen LogP contribution in [-0.2, 0) is 14.4 Å². The van der Waals surface area contributed by atoms with Gasteiger partial charge < -0.3 is 25.0 Å². The number of fused-ring (bicyclic) bond motifs is 1. The zero-order valence-corrected chi connectivity index (χ0v) is 26.7. The van der Waals surface area contributed by atoms with Gasteiger partial charge in [0.1, 0.15) is 17.9 Å². The van der Waals surface area contributed by atoms with E-state index in [0.29, 0.717) is 41.4 Å². The van der Waals surface area contributed by atoms with Crippen molar-refractivity contribution >= 4 is 45.4 Å². The predicted octanol–water partition coefficient (Wildman–Crippen LogP) is 5.69. The van der Waals surface area contributed by atoms with Gasteiger partial charge in [0.25, 0.3) is 0 Å². The van der Waals surface area contributed by atoms with Crippen LogP contribution in [0.5, 0.6) is 5.75 Å². The molecule has 1 aromatic heterocycles. The average molecular weight is 636 g/mol. The van der Waals surface area contributed by atoms with Crippen molar-refractivity contribution in [2.45, 2.75) is 31.3 Å². The zero-order chi connectivity index (χ0) is 32.2. The molecule has 4 heterocycles. The number of morpholine rings is 1. The van der Waals surface area contributed by atoms with Gasteiger partial charge in [-0.05, 0) is 41.3 Å². The lowest BCUT2D eigenvalue weighted by molar-refractivity contribution is -0.111. The monoisotopic (exact) mass is 635 g/mol. The summed E-state index contributed by atoms with van der Waals surface area (Å²) in [6, 6.07) is 21.1. The third-order valence-electron chi connectivity index (χ3n) is 9.36. The molecule has 0 aliphatic carbocycles. The molecule has 0 bridgehead atoms. The molecule has 3 saturated heterocycles. The number of carbonyl (C=O) groups is 1. The Kier molecular flexibility index (Phi) is 9.18. The van der Waals surface area contributed by atoms with Crippen molar-refractivity contribution < 1.29 is 19.1 Å². The Hall–Kier alpha value is -4.71. The second-order valence-electron chi connectivity index (χ2n) is 12.0. The van der Waals surface area contributed by atoms with E-state index in [2.05, 4.69) is 79.4 Å². The first-order chi connectivity index (χ1) is 23.1. The molecule has 3 aromatic carbocycles. The lowest BCUT2D eigenvalue weighted by Crippen LogP contribution is -2.49. The normalized spacial score (nSPS) is 19.1. The number of nitrogens with zero attached hydrogens (tertiary/aromatic N) is 5. The van der Waals surface area contributed by atoms with Crippen LogP contribution >= 0.6 is 0 Å². The maximum absolute atomic E-state index is 12.6. The number of piperidine rings is 1. The Balaban J connectivity index is 1.14. The van der Waals surface area contributed by atoms with Crippen LogP contribution in [0.4, 0.5) is 28.7 Å². The van der Waals surface area contributed by atoms with Crippen molar-refractivity contribution in [2.75, 3.05) is 73.7 Å². The second-order valence-corrected chi connectivity index (χ2v) is 12.0. The molecule has 0 spiro atoms. The summed E-state index contributed by atoms with van der Waals surface area (Å²) in [4.78, 5) is 32.6. The van der Waals surface area contributed by atoms with Crippen molar-refractivity contribution in [1.29, 1.82) is 0 Å². The molecular weight excluding hydrogens is 594 g/mol. The van der Waals surface area contributed by atoms with Crippen LogP contribution in [0.25, 0.3) is 10.8 Å². The maximum atomic E-state index is 12.6. The highest BCUT2D eigenvalue weighted by molar-refractivity contribution is 6.02. The molecule has 11 nitrogen and oxygen atoms in total. The number of methoxy groups -OCH3 is 1. The van der Waals surface area contributed by atoms with Gasteiger partial charge in [-0.2, -0.15) is 0 Å². The number of aromatic nitrogens is 2. The molecule has 244 valence electrons. The third kappa shape index (κ3) is 6.60. The summed E-state index contributed by atoms with van der Waals surface area (Å²) in [7, 11) is 1.65. The highest BCUT2D eigenvalue weighted by atomic mass is 16.7. The van der Waals surface area contributed by atoms with Gasteiger partial charge in [0, 0.05) is 50.8 Å². The number of hydrogen-bond acceptors (Lipinski definition) is 10. The van der Waals surface area contributed by atoms with Crippen LogP contribution in [0.3, 0.4) is 0 Å². The van der Waals surface area contributed by atoms with E-state index in [0.717, 1.165) is 64.3 Å². The van der Waals surface area contributed by atoms with E-state index in [4.69, 9.17) is 14.3 Å². The number of hydrogen-bond donors (Lipinski definition) is 2. The first kappa shape index (κ1) is 30.9. The molecule has 3 aliphatic rings. The van der Waals surface area contributed by atoms with Gasteiger partial charge in [0.15, 0.2) is 5.82 Å². The van der Waals surface area contributed by atoms with E-state index in [1.807, 2.05) is 23.3 Å². The van der Waals surface area contributed by atoms with Gasteiger partial charge in [-0.15, -0.1) is 0 Å². The molecule has 0 saturated carbocycles. The zero-order valence-electron chi connectivity index (χ0n) is 26.7. The SMILES string of the molecule is C=CC(=O)Nc1cc(Nc2cc(N3OCCC3c3cccc4ccccc34)ncn2)c(OC)cc1N1CCC(N2CCOCC2)CC1. The number of amides is 1. The first-order valence-corrected chi connectivity index (χ1v) is 16.3. The summed E-state index contributed by atoms with van der Waals surface area (Å²) >= 11 is 0. The van der Waals surface area contributed by atoms with Gasteiger partial charge in [-0.3, -0.25) is 14.5 Å². The summed E-state index contributed by atoms with van der Waals surface area (Å²) in [5.74, 6) is 1.58. The lowest BCUT2D eigenvalue weighted by Gasteiger charge is -2.41.